The molecule has 0 aromatic carbocycles. The first-order valence-electron chi connectivity index (χ1n) is 4.30. The third-order valence-corrected chi connectivity index (χ3v) is 2.80. The van der Waals surface area contributed by atoms with Gasteiger partial charge in [-0.25, -0.2) is 20.3 Å². The van der Waals surface area contributed by atoms with Gasteiger partial charge >= 0.3 is 0 Å². The Bertz CT molecular complexity index is 220. The summed E-state index contributed by atoms with van der Waals surface area (Å²) in [4.78, 5) is 8.40. The van der Waals surface area contributed by atoms with Crippen LogP contribution in [0.1, 0.15) is 12.8 Å². The molecule has 0 bridgehead atoms. The number of hydrogen-bond acceptors (Lipinski definition) is 4. The molecule has 72 valence electrons. The molecule has 2 atom stereocenters. The van der Waals surface area contributed by atoms with Gasteiger partial charge in [0.05, 0.1) is 0 Å². The second-order valence-electron chi connectivity index (χ2n) is 3.60. The summed E-state index contributed by atoms with van der Waals surface area (Å²) in [5.41, 5.74) is 0. The highest BCUT2D eigenvalue weighted by Gasteiger charge is 2.47. The van der Waals surface area contributed by atoms with Crippen LogP contribution in [0.3, 0.4) is 0 Å². The molecule has 0 radical (unpaired) electrons. The largest absolute Gasteiger partial charge is 0.249 e. The quantitative estimate of drug-likeness (QED) is 0.390. The van der Waals surface area contributed by atoms with E-state index in [4.69, 9.17) is 10.5 Å². The van der Waals surface area contributed by atoms with Crippen molar-refractivity contribution in [2.45, 2.75) is 18.6 Å². The molecule has 0 heterocycles. The first kappa shape index (κ1) is 8.90. The first-order chi connectivity index (χ1) is 6.29. The highest BCUT2D eigenvalue weighted by atomic mass is 17.2. The third-order valence-electron chi connectivity index (χ3n) is 2.80. The Hall–Kier alpha value is -0.680. The van der Waals surface area contributed by atoms with Crippen molar-refractivity contribution in [3.8, 4) is 0 Å². The topological polar surface area (TPSA) is 58.9 Å². The molecular formula is C9H12O4. The summed E-state index contributed by atoms with van der Waals surface area (Å²) in [5, 5.41) is 17.3. The smallest absolute Gasteiger partial charge is 0.234 e. The van der Waals surface area contributed by atoms with E-state index in [1.807, 2.05) is 24.3 Å². The summed E-state index contributed by atoms with van der Waals surface area (Å²) in [6, 6.07) is 0. The minimum Gasteiger partial charge on any atom is -0.249 e. The molecule has 13 heavy (non-hydrogen) atoms. The van der Waals surface area contributed by atoms with Crippen LogP contribution in [0.5, 0.6) is 0 Å². The van der Waals surface area contributed by atoms with Crippen LogP contribution in [0.15, 0.2) is 24.3 Å². The van der Waals surface area contributed by atoms with Gasteiger partial charge in [-0.05, 0) is 11.8 Å². The van der Waals surface area contributed by atoms with Gasteiger partial charge in [0.25, 0.3) is 0 Å². The van der Waals surface area contributed by atoms with Gasteiger partial charge in [-0.15, -0.1) is 0 Å². The van der Waals surface area contributed by atoms with E-state index in [0.717, 1.165) is 0 Å². The summed E-state index contributed by atoms with van der Waals surface area (Å²) in [6.45, 7) is 0. The van der Waals surface area contributed by atoms with Gasteiger partial charge < -0.3 is 0 Å². The molecule has 0 spiro atoms. The Kier molecular flexibility index (Phi) is 2.21. The van der Waals surface area contributed by atoms with Crippen molar-refractivity contribution >= 4 is 0 Å². The number of rotatable bonds is 2. The third kappa shape index (κ3) is 1.42. The maximum Gasteiger partial charge on any atom is 0.234 e. The molecule has 2 aliphatic carbocycles. The van der Waals surface area contributed by atoms with Gasteiger partial charge in [-0.3, -0.25) is 0 Å². The van der Waals surface area contributed by atoms with Crippen LogP contribution < -0.4 is 0 Å². The minimum absolute atomic E-state index is 0.282. The van der Waals surface area contributed by atoms with Crippen molar-refractivity contribution < 1.29 is 20.3 Å². The van der Waals surface area contributed by atoms with E-state index >= 15 is 0 Å². The Labute approximate surface area is 75.9 Å². The van der Waals surface area contributed by atoms with Gasteiger partial charge in [-0.2, -0.15) is 0 Å². The highest BCUT2D eigenvalue weighted by Crippen LogP contribution is 2.44. The average molecular weight is 184 g/mol. The fourth-order valence-corrected chi connectivity index (χ4v) is 2.11. The van der Waals surface area contributed by atoms with E-state index in [2.05, 4.69) is 9.78 Å². The van der Waals surface area contributed by atoms with E-state index in [1.165, 1.54) is 0 Å². The van der Waals surface area contributed by atoms with Crippen molar-refractivity contribution in [2.75, 3.05) is 0 Å². The minimum atomic E-state index is -1.23. The van der Waals surface area contributed by atoms with E-state index < -0.39 is 5.79 Å². The summed E-state index contributed by atoms with van der Waals surface area (Å²) >= 11 is 0. The predicted molar refractivity (Wildman–Crippen MR) is 44.7 cm³/mol. The second kappa shape index (κ2) is 3.23. The van der Waals surface area contributed by atoms with Crippen LogP contribution in [0, 0.1) is 11.8 Å². The van der Waals surface area contributed by atoms with Crippen LogP contribution in [-0.4, -0.2) is 16.3 Å². The summed E-state index contributed by atoms with van der Waals surface area (Å²) in [5.74, 6) is -0.664. The van der Waals surface area contributed by atoms with Gasteiger partial charge in [0.1, 0.15) is 0 Å². The van der Waals surface area contributed by atoms with Crippen molar-refractivity contribution in [2.24, 2.45) is 11.8 Å². The molecule has 0 aromatic heterocycles. The first-order valence-corrected chi connectivity index (χ1v) is 4.30. The normalized spacial score (nSPS) is 34.9. The Morgan fingerprint density at radius 1 is 1.00 bits per heavy atom. The molecule has 0 aromatic rings. The molecule has 0 amide bonds. The van der Waals surface area contributed by atoms with Crippen molar-refractivity contribution in [1.82, 2.24) is 0 Å². The SMILES string of the molecule is OOC1(OO)CC2C=CC=CC2C1. The Morgan fingerprint density at radius 3 is 1.85 bits per heavy atom. The predicted octanol–water partition coefficient (Wildman–Crippen LogP) is 1.81. The highest BCUT2D eigenvalue weighted by molar-refractivity contribution is 5.17. The standard InChI is InChI=1S/C9H12O4/c10-12-9(13-11)5-7-3-1-2-4-8(7)6-9/h1-4,7-8,10-11H,5-6H2. The molecule has 2 rings (SSSR count). The molecular weight excluding hydrogens is 172 g/mol. The molecule has 2 aliphatic rings. The van der Waals surface area contributed by atoms with Crippen LogP contribution in [-0.2, 0) is 9.78 Å². The van der Waals surface area contributed by atoms with E-state index in [1.54, 1.807) is 0 Å². The second-order valence-corrected chi connectivity index (χ2v) is 3.60. The van der Waals surface area contributed by atoms with E-state index in [9.17, 15) is 0 Å². The van der Waals surface area contributed by atoms with Gasteiger partial charge in [0.15, 0.2) is 0 Å². The van der Waals surface area contributed by atoms with Crippen molar-refractivity contribution in [1.29, 1.82) is 0 Å². The van der Waals surface area contributed by atoms with Crippen molar-refractivity contribution in [3.63, 3.8) is 0 Å². The lowest BCUT2D eigenvalue weighted by Gasteiger charge is -2.20. The summed E-state index contributed by atoms with van der Waals surface area (Å²) in [6.07, 6.45) is 8.92. The fraction of sp³-hybridized carbons (Fsp3) is 0.556. The van der Waals surface area contributed by atoms with Crippen LogP contribution in [0.4, 0.5) is 0 Å². The van der Waals surface area contributed by atoms with Gasteiger partial charge in [0.2, 0.25) is 5.79 Å². The summed E-state index contributed by atoms with van der Waals surface area (Å²) in [7, 11) is 0. The zero-order valence-electron chi connectivity index (χ0n) is 7.09. The van der Waals surface area contributed by atoms with Crippen LogP contribution in [0.2, 0.25) is 0 Å². The molecule has 1 saturated carbocycles. The lowest BCUT2D eigenvalue weighted by atomic mass is 9.92. The van der Waals surface area contributed by atoms with E-state index in [0.29, 0.717) is 12.8 Å². The molecule has 2 unspecified atom stereocenters. The Balaban J connectivity index is 2.15. The maximum absolute atomic E-state index is 8.63. The molecule has 0 aliphatic heterocycles. The number of allylic oxidation sites excluding steroid dienone is 4. The zero-order valence-corrected chi connectivity index (χ0v) is 7.09. The zero-order chi connectivity index (χ0) is 9.31. The Morgan fingerprint density at radius 2 is 1.46 bits per heavy atom. The summed E-state index contributed by atoms with van der Waals surface area (Å²) < 4.78 is 0. The average Bonchev–Trinajstić information content (AvgIpc) is 2.57. The van der Waals surface area contributed by atoms with Gasteiger partial charge in [0, 0.05) is 12.8 Å². The molecule has 4 heteroatoms. The maximum atomic E-state index is 8.63. The fourth-order valence-electron chi connectivity index (χ4n) is 2.11. The molecule has 1 fully saturated rings. The lowest BCUT2D eigenvalue weighted by Crippen LogP contribution is -2.30. The van der Waals surface area contributed by atoms with Crippen LogP contribution in [0.25, 0.3) is 0 Å². The molecule has 2 N–H and O–H groups in total. The molecule has 0 saturated heterocycles. The monoisotopic (exact) mass is 184 g/mol. The lowest BCUT2D eigenvalue weighted by molar-refractivity contribution is -0.485. The number of fused-ring (bicyclic) bond motifs is 1. The van der Waals surface area contributed by atoms with Crippen molar-refractivity contribution in [3.05, 3.63) is 24.3 Å². The van der Waals surface area contributed by atoms with Crippen LogP contribution >= 0.6 is 0 Å². The van der Waals surface area contributed by atoms with Gasteiger partial charge in [-0.1, -0.05) is 24.3 Å². The molecule has 4 nitrogen and oxygen atoms in total. The number of hydrogen-bond donors (Lipinski definition) is 2. The van der Waals surface area contributed by atoms with E-state index in [-0.39, 0.29) is 11.8 Å².